The third-order valence-corrected chi connectivity index (χ3v) is 1.58. The molecule has 2 N–H and O–H groups in total. The van der Waals surface area contributed by atoms with Crippen molar-refractivity contribution in [3.05, 3.63) is 0 Å². The van der Waals surface area contributed by atoms with Gasteiger partial charge in [-0.15, -0.1) is 0 Å². The Morgan fingerprint density at radius 2 is 2.00 bits per heavy atom. The first-order chi connectivity index (χ1) is 5.63. The van der Waals surface area contributed by atoms with Gasteiger partial charge in [-0.25, -0.2) is 0 Å². The second-order valence-corrected chi connectivity index (χ2v) is 3.02. The summed E-state index contributed by atoms with van der Waals surface area (Å²) in [5.74, 6) is 1.01. The molecule has 0 aliphatic rings. The van der Waals surface area contributed by atoms with Crippen molar-refractivity contribution in [2.75, 3.05) is 13.2 Å². The molecular weight excluding hydrogens is 152 g/mol. The highest BCUT2D eigenvalue weighted by Gasteiger charge is 2.16. The predicted molar refractivity (Wildman–Crippen MR) is 52.4 cm³/mol. The SMILES string of the molecule is CCN=C(N)C(OCC)C(C)C. The van der Waals surface area contributed by atoms with Gasteiger partial charge in [-0.05, 0) is 19.8 Å². The Hall–Kier alpha value is -0.570. The number of hydrogen-bond acceptors (Lipinski definition) is 2. The molecule has 0 radical (unpaired) electrons. The fourth-order valence-corrected chi connectivity index (χ4v) is 1.07. The van der Waals surface area contributed by atoms with Gasteiger partial charge in [-0.3, -0.25) is 4.99 Å². The summed E-state index contributed by atoms with van der Waals surface area (Å²) in [5.41, 5.74) is 5.74. The van der Waals surface area contributed by atoms with Gasteiger partial charge in [-0.2, -0.15) is 0 Å². The number of amidine groups is 1. The third-order valence-electron chi connectivity index (χ3n) is 1.58. The van der Waals surface area contributed by atoms with Crippen molar-refractivity contribution in [2.45, 2.75) is 33.8 Å². The van der Waals surface area contributed by atoms with Gasteiger partial charge >= 0.3 is 0 Å². The maximum Gasteiger partial charge on any atom is 0.123 e. The molecule has 1 unspecified atom stereocenters. The number of aliphatic imine (C=N–C) groups is 1. The normalized spacial score (nSPS) is 15.2. The Morgan fingerprint density at radius 3 is 2.33 bits per heavy atom. The molecule has 0 spiro atoms. The lowest BCUT2D eigenvalue weighted by atomic mass is 10.1. The molecule has 0 heterocycles. The molecule has 0 bridgehead atoms. The molecule has 3 heteroatoms. The van der Waals surface area contributed by atoms with Crippen molar-refractivity contribution in [3.63, 3.8) is 0 Å². The highest BCUT2D eigenvalue weighted by atomic mass is 16.5. The second kappa shape index (κ2) is 6.00. The van der Waals surface area contributed by atoms with Crippen molar-refractivity contribution in [1.82, 2.24) is 0 Å². The Bertz CT molecular complexity index is 143. The van der Waals surface area contributed by atoms with Crippen LogP contribution in [0.5, 0.6) is 0 Å². The van der Waals surface area contributed by atoms with E-state index in [1.807, 2.05) is 13.8 Å². The van der Waals surface area contributed by atoms with Gasteiger partial charge in [0.2, 0.25) is 0 Å². The van der Waals surface area contributed by atoms with E-state index in [1.54, 1.807) is 0 Å². The molecule has 0 amide bonds. The summed E-state index contributed by atoms with van der Waals surface area (Å²) < 4.78 is 5.46. The molecule has 0 aromatic rings. The molecule has 0 aromatic heterocycles. The van der Waals surface area contributed by atoms with Gasteiger partial charge in [0.15, 0.2) is 0 Å². The van der Waals surface area contributed by atoms with Crippen molar-refractivity contribution in [2.24, 2.45) is 16.6 Å². The molecule has 72 valence electrons. The van der Waals surface area contributed by atoms with Crippen LogP contribution >= 0.6 is 0 Å². The molecule has 3 nitrogen and oxygen atoms in total. The standard InChI is InChI=1S/C9H20N2O/c1-5-11-9(10)8(7(3)4)12-6-2/h7-8H,5-6H2,1-4H3,(H2,10,11). The van der Waals surface area contributed by atoms with Crippen LogP contribution < -0.4 is 5.73 Å². The van der Waals surface area contributed by atoms with Crippen molar-refractivity contribution in [3.8, 4) is 0 Å². The monoisotopic (exact) mass is 172 g/mol. The first-order valence-corrected chi connectivity index (χ1v) is 4.54. The third kappa shape index (κ3) is 3.72. The largest absolute Gasteiger partial charge is 0.385 e. The van der Waals surface area contributed by atoms with E-state index >= 15 is 0 Å². The summed E-state index contributed by atoms with van der Waals surface area (Å²) in [6, 6.07) is 0. The van der Waals surface area contributed by atoms with Gasteiger partial charge in [0, 0.05) is 13.2 Å². The summed E-state index contributed by atoms with van der Waals surface area (Å²) >= 11 is 0. The van der Waals surface area contributed by atoms with Crippen LogP contribution in [0.25, 0.3) is 0 Å². The van der Waals surface area contributed by atoms with Crippen LogP contribution in [0.1, 0.15) is 27.7 Å². The van der Waals surface area contributed by atoms with Gasteiger partial charge in [0.25, 0.3) is 0 Å². The van der Waals surface area contributed by atoms with Gasteiger partial charge in [-0.1, -0.05) is 13.8 Å². The molecule has 0 aliphatic heterocycles. The van der Waals surface area contributed by atoms with E-state index < -0.39 is 0 Å². The van der Waals surface area contributed by atoms with Crippen molar-refractivity contribution >= 4 is 5.84 Å². The average molecular weight is 172 g/mol. The lowest BCUT2D eigenvalue weighted by molar-refractivity contribution is 0.0773. The van der Waals surface area contributed by atoms with Gasteiger partial charge < -0.3 is 10.5 Å². The minimum Gasteiger partial charge on any atom is -0.385 e. The summed E-state index contributed by atoms with van der Waals surface area (Å²) in [4.78, 5) is 4.13. The van der Waals surface area contributed by atoms with Gasteiger partial charge in [0.05, 0.1) is 0 Å². The van der Waals surface area contributed by atoms with Crippen molar-refractivity contribution in [1.29, 1.82) is 0 Å². The molecule has 0 saturated carbocycles. The molecule has 0 aliphatic carbocycles. The van der Waals surface area contributed by atoms with E-state index in [-0.39, 0.29) is 6.10 Å². The lowest BCUT2D eigenvalue weighted by Gasteiger charge is -2.19. The summed E-state index contributed by atoms with van der Waals surface area (Å²) in [6.45, 7) is 9.51. The van der Waals surface area contributed by atoms with Crippen LogP contribution in [0.2, 0.25) is 0 Å². The number of hydrogen-bond donors (Lipinski definition) is 1. The number of ether oxygens (including phenoxy) is 1. The zero-order valence-electron chi connectivity index (χ0n) is 8.50. The van der Waals surface area contributed by atoms with E-state index in [4.69, 9.17) is 10.5 Å². The van der Waals surface area contributed by atoms with E-state index in [2.05, 4.69) is 18.8 Å². The van der Waals surface area contributed by atoms with Gasteiger partial charge in [0.1, 0.15) is 11.9 Å². The molecule has 0 saturated heterocycles. The quantitative estimate of drug-likeness (QED) is 0.503. The molecule has 12 heavy (non-hydrogen) atoms. The lowest BCUT2D eigenvalue weighted by Crippen LogP contribution is -2.36. The molecule has 0 aromatic carbocycles. The Balaban J connectivity index is 4.18. The molecule has 0 fully saturated rings. The van der Waals surface area contributed by atoms with Crippen LogP contribution in [0.15, 0.2) is 4.99 Å². The number of nitrogens with two attached hydrogens (primary N) is 1. The van der Waals surface area contributed by atoms with Crippen molar-refractivity contribution < 1.29 is 4.74 Å². The fraction of sp³-hybridized carbons (Fsp3) is 0.889. The summed E-state index contributed by atoms with van der Waals surface area (Å²) in [6.07, 6.45) is -0.0186. The van der Waals surface area contributed by atoms with Crippen LogP contribution in [-0.2, 0) is 4.74 Å². The smallest absolute Gasteiger partial charge is 0.123 e. The van der Waals surface area contributed by atoms with E-state index in [9.17, 15) is 0 Å². The van der Waals surface area contributed by atoms with Crippen LogP contribution in [-0.4, -0.2) is 25.1 Å². The predicted octanol–water partition coefficient (Wildman–Crippen LogP) is 1.42. The van der Waals surface area contributed by atoms with Crippen LogP contribution in [0, 0.1) is 5.92 Å². The first-order valence-electron chi connectivity index (χ1n) is 4.54. The minimum atomic E-state index is -0.0186. The Labute approximate surface area is 75.0 Å². The minimum absolute atomic E-state index is 0.0186. The number of nitrogens with zero attached hydrogens (tertiary/aromatic N) is 1. The molecule has 0 rings (SSSR count). The highest BCUT2D eigenvalue weighted by Crippen LogP contribution is 2.06. The molecular formula is C9H20N2O. The van der Waals surface area contributed by atoms with E-state index in [1.165, 1.54) is 0 Å². The van der Waals surface area contributed by atoms with Crippen LogP contribution in [0.3, 0.4) is 0 Å². The first kappa shape index (κ1) is 11.4. The highest BCUT2D eigenvalue weighted by molar-refractivity contribution is 5.85. The number of rotatable bonds is 5. The average Bonchev–Trinajstić information content (AvgIpc) is 1.99. The summed E-state index contributed by atoms with van der Waals surface area (Å²) in [5, 5.41) is 0. The zero-order chi connectivity index (χ0) is 9.56. The Morgan fingerprint density at radius 1 is 1.42 bits per heavy atom. The fourth-order valence-electron chi connectivity index (χ4n) is 1.07. The van der Waals surface area contributed by atoms with E-state index in [0.717, 1.165) is 6.54 Å². The van der Waals surface area contributed by atoms with Crippen LogP contribution in [0.4, 0.5) is 0 Å². The Kier molecular flexibility index (Phi) is 5.72. The zero-order valence-corrected chi connectivity index (χ0v) is 8.50. The second-order valence-electron chi connectivity index (χ2n) is 3.02. The summed E-state index contributed by atoms with van der Waals surface area (Å²) in [7, 11) is 0. The maximum absolute atomic E-state index is 5.74. The maximum atomic E-state index is 5.74. The molecule has 1 atom stereocenters. The van der Waals surface area contributed by atoms with E-state index in [0.29, 0.717) is 18.4 Å². The topological polar surface area (TPSA) is 47.6 Å².